The van der Waals surface area contributed by atoms with E-state index in [1.807, 2.05) is 23.6 Å². The molecule has 2 rings (SSSR count). The minimum absolute atomic E-state index is 0.00852. The largest absolute Gasteiger partial charge is 0.362 e. The molecule has 0 aromatic heterocycles. The zero-order chi connectivity index (χ0) is 16.3. The number of nitro benzene ring substituents is 1. The molecule has 6 nitrogen and oxygen atoms in total. The molecule has 0 saturated carbocycles. The smallest absolute Gasteiger partial charge is 0.294 e. The van der Waals surface area contributed by atoms with Crippen LogP contribution in [0.4, 0.5) is 11.4 Å². The summed E-state index contributed by atoms with van der Waals surface area (Å²) in [5.74, 6) is 0.184. The maximum atomic E-state index is 12.2. The van der Waals surface area contributed by atoms with Crippen LogP contribution in [0.2, 0.25) is 5.02 Å². The molecule has 1 atom stereocenters. The number of benzene rings is 1. The van der Waals surface area contributed by atoms with Crippen LogP contribution in [0.25, 0.3) is 0 Å². The molecule has 0 N–H and O–H groups in total. The van der Waals surface area contributed by atoms with Crippen molar-refractivity contribution in [1.29, 1.82) is 0 Å². The average molecular weight is 326 g/mol. The first-order chi connectivity index (χ1) is 10.4. The van der Waals surface area contributed by atoms with E-state index in [1.165, 1.54) is 6.07 Å². The van der Waals surface area contributed by atoms with Gasteiger partial charge in [0.05, 0.1) is 4.92 Å². The second kappa shape index (κ2) is 6.96. The van der Waals surface area contributed by atoms with E-state index < -0.39 is 4.92 Å². The van der Waals surface area contributed by atoms with Crippen molar-refractivity contribution < 1.29 is 9.72 Å². The highest BCUT2D eigenvalue weighted by Crippen LogP contribution is 2.31. The third kappa shape index (κ3) is 3.50. The van der Waals surface area contributed by atoms with Gasteiger partial charge in [0.2, 0.25) is 5.91 Å². The highest BCUT2D eigenvalue weighted by molar-refractivity contribution is 6.30. The van der Waals surface area contributed by atoms with Gasteiger partial charge in [-0.3, -0.25) is 14.9 Å². The molecule has 120 valence electrons. The van der Waals surface area contributed by atoms with Gasteiger partial charge in [0, 0.05) is 43.2 Å². The highest BCUT2D eigenvalue weighted by Gasteiger charge is 2.27. The van der Waals surface area contributed by atoms with E-state index in [9.17, 15) is 14.9 Å². The summed E-state index contributed by atoms with van der Waals surface area (Å²) in [6.07, 6.45) is 0.821. The highest BCUT2D eigenvalue weighted by atomic mass is 35.5. The summed E-state index contributed by atoms with van der Waals surface area (Å²) >= 11 is 5.84. The van der Waals surface area contributed by atoms with Gasteiger partial charge in [-0.05, 0) is 18.6 Å². The minimum Gasteiger partial charge on any atom is -0.362 e. The summed E-state index contributed by atoms with van der Waals surface area (Å²) in [4.78, 5) is 26.7. The lowest BCUT2D eigenvalue weighted by Crippen LogP contribution is -2.50. The summed E-state index contributed by atoms with van der Waals surface area (Å²) in [6, 6.07) is 4.70. The van der Waals surface area contributed by atoms with Crippen molar-refractivity contribution in [3.63, 3.8) is 0 Å². The maximum Gasteiger partial charge on any atom is 0.294 e. The molecule has 1 heterocycles. The molecule has 22 heavy (non-hydrogen) atoms. The fourth-order valence-corrected chi connectivity index (χ4v) is 2.73. The molecular formula is C15H20ClN3O3. The summed E-state index contributed by atoms with van der Waals surface area (Å²) in [7, 11) is 0. The lowest BCUT2D eigenvalue weighted by molar-refractivity contribution is -0.384. The van der Waals surface area contributed by atoms with Crippen LogP contribution in [-0.4, -0.2) is 41.9 Å². The summed E-state index contributed by atoms with van der Waals surface area (Å²) < 4.78 is 0. The molecule has 1 aromatic rings. The van der Waals surface area contributed by atoms with E-state index in [4.69, 9.17) is 11.6 Å². The molecule has 7 heteroatoms. The van der Waals surface area contributed by atoms with Crippen LogP contribution in [0.3, 0.4) is 0 Å². The molecule has 0 bridgehead atoms. The number of carbonyl (C=O) groups excluding carboxylic acids is 1. The van der Waals surface area contributed by atoms with Crippen molar-refractivity contribution in [1.82, 2.24) is 4.90 Å². The van der Waals surface area contributed by atoms with Crippen molar-refractivity contribution in [2.24, 2.45) is 5.92 Å². The number of piperazine rings is 1. The molecule has 1 saturated heterocycles. The van der Waals surface area contributed by atoms with Crippen LogP contribution in [0.15, 0.2) is 18.2 Å². The molecule has 1 fully saturated rings. The molecule has 1 amide bonds. The van der Waals surface area contributed by atoms with Gasteiger partial charge in [-0.1, -0.05) is 25.4 Å². The molecule has 0 spiro atoms. The molecule has 0 radical (unpaired) electrons. The molecule has 0 aliphatic carbocycles. The Bertz CT molecular complexity index is 571. The number of nitrogens with zero attached hydrogens (tertiary/aromatic N) is 3. The number of rotatable bonds is 4. The van der Waals surface area contributed by atoms with Crippen LogP contribution in [0, 0.1) is 16.0 Å². The fourth-order valence-electron chi connectivity index (χ4n) is 2.56. The van der Waals surface area contributed by atoms with Crippen LogP contribution >= 0.6 is 11.6 Å². The average Bonchev–Trinajstić information content (AvgIpc) is 2.53. The van der Waals surface area contributed by atoms with Gasteiger partial charge < -0.3 is 9.80 Å². The quantitative estimate of drug-likeness (QED) is 0.630. The van der Waals surface area contributed by atoms with E-state index >= 15 is 0 Å². The Hall–Kier alpha value is -1.82. The van der Waals surface area contributed by atoms with E-state index in [1.54, 1.807) is 12.1 Å². The number of anilines is 1. The zero-order valence-electron chi connectivity index (χ0n) is 12.8. The molecule has 1 aliphatic rings. The van der Waals surface area contributed by atoms with Crippen LogP contribution < -0.4 is 4.90 Å². The number of hydrogen-bond acceptors (Lipinski definition) is 4. The first-order valence-corrected chi connectivity index (χ1v) is 7.79. The third-order valence-corrected chi connectivity index (χ3v) is 4.34. The number of halogens is 1. The first-order valence-electron chi connectivity index (χ1n) is 7.41. The molecule has 1 aromatic carbocycles. The normalized spacial score (nSPS) is 16.5. The Morgan fingerprint density at radius 2 is 2.00 bits per heavy atom. The van der Waals surface area contributed by atoms with E-state index in [2.05, 4.69) is 0 Å². The predicted molar refractivity (Wildman–Crippen MR) is 86.4 cm³/mol. The van der Waals surface area contributed by atoms with Gasteiger partial charge >= 0.3 is 0 Å². The van der Waals surface area contributed by atoms with Gasteiger partial charge in [0.1, 0.15) is 5.69 Å². The first kappa shape index (κ1) is 16.5. The van der Waals surface area contributed by atoms with Crippen LogP contribution in [0.1, 0.15) is 20.3 Å². The van der Waals surface area contributed by atoms with Crippen molar-refractivity contribution in [3.8, 4) is 0 Å². The molecule has 1 unspecified atom stereocenters. The van der Waals surface area contributed by atoms with Gasteiger partial charge in [0.15, 0.2) is 0 Å². The molecular weight excluding hydrogens is 306 g/mol. The Kier molecular flexibility index (Phi) is 5.24. The number of nitro groups is 1. The summed E-state index contributed by atoms with van der Waals surface area (Å²) in [6.45, 7) is 6.27. The van der Waals surface area contributed by atoms with Crippen molar-refractivity contribution in [2.75, 3.05) is 31.1 Å². The summed E-state index contributed by atoms with van der Waals surface area (Å²) in [5, 5.41) is 11.5. The van der Waals surface area contributed by atoms with Gasteiger partial charge in [-0.15, -0.1) is 0 Å². The number of amides is 1. The van der Waals surface area contributed by atoms with E-state index in [0.29, 0.717) is 36.9 Å². The number of hydrogen-bond donors (Lipinski definition) is 0. The predicted octanol–water partition coefficient (Wildman–Crippen LogP) is 2.94. The Labute approximate surface area is 134 Å². The lowest BCUT2D eigenvalue weighted by Gasteiger charge is -2.36. The van der Waals surface area contributed by atoms with Crippen LogP contribution in [-0.2, 0) is 4.79 Å². The number of carbonyl (C=O) groups is 1. The minimum atomic E-state index is -0.419. The Morgan fingerprint density at radius 3 is 2.55 bits per heavy atom. The third-order valence-electron chi connectivity index (χ3n) is 4.10. The second-order valence-corrected chi connectivity index (χ2v) is 5.95. The van der Waals surface area contributed by atoms with E-state index in [-0.39, 0.29) is 17.5 Å². The fraction of sp³-hybridized carbons (Fsp3) is 0.533. The van der Waals surface area contributed by atoms with E-state index in [0.717, 1.165) is 6.42 Å². The second-order valence-electron chi connectivity index (χ2n) is 5.51. The SMILES string of the molecule is CCC(C)C(=O)N1CCN(c2ccc(Cl)cc2[N+](=O)[O-])CC1. The molecule has 1 aliphatic heterocycles. The maximum absolute atomic E-state index is 12.2. The van der Waals surface area contributed by atoms with Crippen LogP contribution in [0.5, 0.6) is 0 Å². The van der Waals surface area contributed by atoms with Gasteiger partial charge in [-0.2, -0.15) is 0 Å². The van der Waals surface area contributed by atoms with Crippen molar-refractivity contribution in [3.05, 3.63) is 33.3 Å². The van der Waals surface area contributed by atoms with Gasteiger partial charge in [0.25, 0.3) is 5.69 Å². The topological polar surface area (TPSA) is 66.7 Å². The van der Waals surface area contributed by atoms with Crippen molar-refractivity contribution >= 4 is 28.9 Å². The monoisotopic (exact) mass is 325 g/mol. The zero-order valence-corrected chi connectivity index (χ0v) is 13.5. The Balaban J connectivity index is 2.09. The summed E-state index contributed by atoms with van der Waals surface area (Å²) in [5.41, 5.74) is 0.569. The van der Waals surface area contributed by atoms with Gasteiger partial charge in [-0.25, -0.2) is 0 Å². The standard InChI is InChI=1S/C15H20ClN3O3/c1-3-11(2)15(20)18-8-6-17(7-9-18)13-5-4-12(16)10-14(13)19(21)22/h4-5,10-11H,3,6-9H2,1-2H3. The Morgan fingerprint density at radius 1 is 1.36 bits per heavy atom. The van der Waals surface area contributed by atoms with Crippen molar-refractivity contribution in [2.45, 2.75) is 20.3 Å². The lowest BCUT2D eigenvalue weighted by atomic mass is 10.1.